The van der Waals surface area contributed by atoms with Gasteiger partial charge in [-0.05, 0) is 23.6 Å². The van der Waals surface area contributed by atoms with Crippen LogP contribution in [0.4, 0.5) is 0 Å². The Kier molecular flexibility index (Phi) is 4.46. The van der Waals surface area contributed by atoms with Crippen molar-refractivity contribution in [1.29, 1.82) is 0 Å². The van der Waals surface area contributed by atoms with Crippen molar-refractivity contribution in [1.82, 2.24) is 19.5 Å². The lowest BCUT2D eigenvalue weighted by molar-refractivity contribution is -0.123. The van der Waals surface area contributed by atoms with Gasteiger partial charge in [-0.3, -0.25) is 9.20 Å². The average molecular weight is 324 g/mol. The maximum atomic E-state index is 12.4. The highest BCUT2D eigenvalue weighted by Gasteiger charge is 2.19. The molecule has 0 aliphatic rings. The number of rotatable bonds is 5. The van der Waals surface area contributed by atoms with Gasteiger partial charge in [-0.25, -0.2) is 9.48 Å². The van der Waals surface area contributed by atoms with Crippen LogP contribution in [0, 0.1) is 5.92 Å². The monoisotopic (exact) mass is 324 g/mol. The molecule has 0 spiro atoms. The second kappa shape index (κ2) is 6.70. The van der Waals surface area contributed by atoms with Gasteiger partial charge in [0, 0.05) is 6.20 Å². The molecular weight excluding hydrogens is 304 g/mol. The van der Waals surface area contributed by atoms with E-state index in [1.54, 1.807) is 24.5 Å². The maximum absolute atomic E-state index is 12.4. The highest BCUT2D eigenvalue weighted by atomic mass is 16.2. The highest BCUT2D eigenvalue weighted by molar-refractivity contribution is 5.76. The number of carbonyl (C=O) groups excluding carboxylic acids is 1. The number of benzene rings is 1. The molecule has 1 N–H and O–H groups in total. The second-order valence-electron chi connectivity index (χ2n) is 6.09. The standard InChI is InChI=1S/C18H20N4O2/c1-13(2)17(14-7-4-3-5-8-14)20-16(23)12-22-18(24)21-10-6-9-15(21)11-19-22/h3-11,13,17H,12H2,1-2H3,(H,20,23). The Morgan fingerprint density at radius 2 is 1.92 bits per heavy atom. The van der Waals surface area contributed by atoms with Gasteiger partial charge >= 0.3 is 5.69 Å². The molecule has 3 aromatic rings. The van der Waals surface area contributed by atoms with Crippen LogP contribution >= 0.6 is 0 Å². The zero-order valence-corrected chi connectivity index (χ0v) is 13.7. The minimum Gasteiger partial charge on any atom is -0.347 e. The number of hydrogen-bond acceptors (Lipinski definition) is 3. The number of aromatic nitrogens is 3. The van der Waals surface area contributed by atoms with Gasteiger partial charge in [0.15, 0.2) is 0 Å². The van der Waals surface area contributed by atoms with Gasteiger partial charge in [-0.15, -0.1) is 0 Å². The van der Waals surface area contributed by atoms with Crippen LogP contribution in [-0.4, -0.2) is 20.1 Å². The summed E-state index contributed by atoms with van der Waals surface area (Å²) in [4.78, 5) is 24.7. The minimum absolute atomic E-state index is 0.107. The molecule has 124 valence electrons. The summed E-state index contributed by atoms with van der Waals surface area (Å²) in [5.41, 5.74) is 1.43. The van der Waals surface area contributed by atoms with Crippen molar-refractivity contribution in [2.45, 2.75) is 26.4 Å². The molecule has 0 saturated carbocycles. The van der Waals surface area contributed by atoms with Gasteiger partial charge in [0.1, 0.15) is 6.54 Å². The molecule has 2 aromatic heterocycles. The zero-order chi connectivity index (χ0) is 17.1. The summed E-state index contributed by atoms with van der Waals surface area (Å²) >= 11 is 0. The molecule has 2 heterocycles. The third-order valence-corrected chi connectivity index (χ3v) is 3.97. The van der Waals surface area contributed by atoms with E-state index in [0.29, 0.717) is 5.52 Å². The van der Waals surface area contributed by atoms with E-state index in [4.69, 9.17) is 0 Å². The number of carbonyl (C=O) groups is 1. The van der Waals surface area contributed by atoms with Crippen LogP contribution < -0.4 is 11.0 Å². The molecule has 6 heteroatoms. The minimum atomic E-state index is -0.326. The Bertz CT molecular complexity index is 896. The first-order valence-corrected chi connectivity index (χ1v) is 7.94. The molecule has 0 aliphatic carbocycles. The van der Waals surface area contributed by atoms with Crippen LogP contribution in [0.2, 0.25) is 0 Å². The fourth-order valence-corrected chi connectivity index (χ4v) is 2.73. The van der Waals surface area contributed by atoms with Crippen LogP contribution in [0.25, 0.3) is 5.52 Å². The van der Waals surface area contributed by atoms with E-state index in [1.807, 2.05) is 44.2 Å². The first-order valence-electron chi connectivity index (χ1n) is 7.94. The molecule has 3 rings (SSSR count). The molecule has 1 atom stereocenters. The van der Waals surface area contributed by atoms with Gasteiger partial charge in [-0.1, -0.05) is 44.2 Å². The van der Waals surface area contributed by atoms with Crippen molar-refractivity contribution >= 4 is 11.4 Å². The number of hydrogen-bond donors (Lipinski definition) is 1. The first-order chi connectivity index (χ1) is 11.6. The average Bonchev–Trinajstić information content (AvgIpc) is 3.05. The molecule has 0 radical (unpaired) electrons. The van der Waals surface area contributed by atoms with Gasteiger partial charge in [-0.2, -0.15) is 5.10 Å². The van der Waals surface area contributed by atoms with Gasteiger partial charge in [0.25, 0.3) is 0 Å². The fraction of sp³-hybridized carbons (Fsp3) is 0.278. The molecule has 1 amide bonds. The molecule has 6 nitrogen and oxygen atoms in total. The highest BCUT2D eigenvalue weighted by Crippen LogP contribution is 2.21. The van der Waals surface area contributed by atoms with Crippen LogP contribution in [-0.2, 0) is 11.3 Å². The first kappa shape index (κ1) is 16.0. The predicted molar refractivity (Wildman–Crippen MR) is 91.6 cm³/mol. The molecule has 0 aliphatic heterocycles. The van der Waals surface area contributed by atoms with E-state index >= 15 is 0 Å². The summed E-state index contributed by atoms with van der Waals surface area (Å²) < 4.78 is 2.64. The Hall–Kier alpha value is -2.89. The molecule has 1 aromatic carbocycles. The topological polar surface area (TPSA) is 68.4 Å². The number of nitrogens with zero attached hydrogens (tertiary/aromatic N) is 3. The molecule has 0 bridgehead atoms. The van der Waals surface area contributed by atoms with Gasteiger partial charge in [0.2, 0.25) is 5.91 Å². The lowest BCUT2D eigenvalue weighted by Crippen LogP contribution is -2.38. The third kappa shape index (κ3) is 3.22. The normalized spacial score (nSPS) is 12.5. The van der Waals surface area contributed by atoms with E-state index in [9.17, 15) is 9.59 Å². The van der Waals surface area contributed by atoms with E-state index in [1.165, 1.54) is 9.08 Å². The Labute approximate surface area is 139 Å². The van der Waals surface area contributed by atoms with Gasteiger partial charge in [0.05, 0.1) is 17.8 Å². The fourth-order valence-electron chi connectivity index (χ4n) is 2.73. The summed E-state index contributed by atoms with van der Waals surface area (Å²) in [6.45, 7) is 3.99. The van der Waals surface area contributed by atoms with Crippen molar-refractivity contribution in [2.24, 2.45) is 5.92 Å². The lowest BCUT2D eigenvalue weighted by atomic mass is 9.96. The summed E-state index contributed by atoms with van der Waals surface area (Å²) in [6.07, 6.45) is 3.24. The number of nitrogens with one attached hydrogen (secondary N) is 1. The van der Waals surface area contributed by atoms with E-state index in [0.717, 1.165) is 5.56 Å². The smallest absolute Gasteiger partial charge is 0.347 e. The Balaban J connectivity index is 1.78. The number of amides is 1. The van der Waals surface area contributed by atoms with Gasteiger partial charge < -0.3 is 5.32 Å². The Morgan fingerprint density at radius 1 is 1.17 bits per heavy atom. The second-order valence-corrected chi connectivity index (χ2v) is 6.09. The number of fused-ring (bicyclic) bond motifs is 1. The summed E-state index contributed by atoms with van der Waals surface area (Å²) in [5.74, 6) is -0.00776. The van der Waals surface area contributed by atoms with E-state index in [-0.39, 0.29) is 30.1 Å². The van der Waals surface area contributed by atoms with Crippen LogP contribution in [0.1, 0.15) is 25.5 Å². The summed E-state index contributed by atoms with van der Waals surface area (Å²) in [6, 6.07) is 13.3. The van der Waals surface area contributed by atoms with E-state index in [2.05, 4.69) is 10.4 Å². The largest absolute Gasteiger partial charge is 0.349 e. The van der Waals surface area contributed by atoms with E-state index < -0.39 is 0 Å². The lowest BCUT2D eigenvalue weighted by Gasteiger charge is -2.23. The SMILES string of the molecule is CC(C)C(NC(=O)Cn1ncc2cccn2c1=O)c1ccccc1. The zero-order valence-electron chi connectivity index (χ0n) is 13.7. The maximum Gasteiger partial charge on any atom is 0.349 e. The van der Waals surface area contributed by atoms with Crippen LogP contribution in [0.3, 0.4) is 0 Å². The molecule has 24 heavy (non-hydrogen) atoms. The van der Waals surface area contributed by atoms with Crippen molar-refractivity contribution in [2.75, 3.05) is 0 Å². The quantitative estimate of drug-likeness (QED) is 0.780. The van der Waals surface area contributed by atoms with Crippen LogP contribution in [0.15, 0.2) is 59.7 Å². The van der Waals surface area contributed by atoms with Crippen molar-refractivity contribution in [3.05, 3.63) is 70.9 Å². The molecule has 0 fully saturated rings. The third-order valence-electron chi connectivity index (χ3n) is 3.97. The van der Waals surface area contributed by atoms with Crippen molar-refractivity contribution in [3.63, 3.8) is 0 Å². The molecule has 1 unspecified atom stereocenters. The molecular formula is C18H20N4O2. The summed E-state index contributed by atoms with van der Waals surface area (Å²) in [7, 11) is 0. The molecule has 0 saturated heterocycles. The van der Waals surface area contributed by atoms with Crippen molar-refractivity contribution < 1.29 is 4.79 Å². The van der Waals surface area contributed by atoms with Crippen LogP contribution in [0.5, 0.6) is 0 Å². The predicted octanol–water partition coefficient (Wildman–Crippen LogP) is 2.01. The Morgan fingerprint density at radius 3 is 2.62 bits per heavy atom. The summed E-state index contributed by atoms with van der Waals surface area (Å²) in [5, 5.41) is 7.07. The van der Waals surface area contributed by atoms with Crippen molar-refractivity contribution in [3.8, 4) is 0 Å².